The number of nitrogens with zero attached hydrogens (tertiary/aromatic N) is 5. The fourth-order valence-corrected chi connectivity index (χ4v) is 3.42. The number of hydrogen-bond acceptors (Lipinski definition) is 9. The maximum atomic E-state index is 14.1. The Morgan fingerprint density at radius 2 is 1.79 bits per heavy atom. The van der Waals surface area contributed by atoms with Crippen molar-refractivity contribution in [1.29, 1.82) is 0 Å². The van der Waals surface area contributed by atoms with Crippen LogP contribution in [0.1, 0.15) is 16.1 Å². The van der Waals surface area contributed by atoms with Crippen LogP contribution in [0.2, 0.25) is 0 Å². The summed E-state index contributed by atoms with van der Waals surface area (Å²) in [6, 6.07) is 11.5. The molecule has 1 saturated heterocycles. The number of amides is 1. The molecule has 1 fully saturated rings. The molecule has 178 valence electrons. The van der Waals surface area contributed by atoms with E-state index in [0.717, 1.165) is 24.1 Å². The van der Waals surface area contributed by atoms with Gasteiger partial charge in [-0.15, -0.1) is 0 Å². The second kappa shape index (κ2) is 10.9. The largest absolute Gasteiger partial charge is 0.378 e. The van der Waals surface area contributed by atoms with Crippen LogP contribution in [-0.2, 0) is 11.3 Å². The summed E-state index contributed by atoms with van der Waals surface area (Å²) in [7, 11) is 4.06. The van der Waals surface area contributed by atoms with Gasteiger partial charge >= 0.3 is 0 Å². The number of carbonyl (C=O) groups is 1. The van der Waals surface area contributed by atoms with Gasteiger partial charge < -0.3 is 19.9 Å². The number of pyridine rings is 1. The van der Waals surface area contributed by atoms with Crippen LogP contribution in [0, 0.1) is 5.82 Å². The molecule has 3 heterocycles. The van der Waals surface area contributed by atoms with E-state index in [1.165, 1.54) is 5.56 Å². The van der Waals surface area contributed by atoms with Gasteiger partial charge in [0.05, 0.1) is 31.3 Å². The fourth-order valence-electron chi connectivity index (χ4n) is 3.42. The van der Waals surface area contributed by atoms with Gasteiger partial charge in [0.2, 0.25) is 5.95 Å². The molecule has 0 radical (unpaired) electrons. The van der Waals surface area contributed by atoms with Gasteiger partial charge in [0, 0.05) is 25.3 Å². The van der Waals surface area contributed by atoms with Crippen molar-refractivity contribution in [3.8, 4) is 0 Å². The van der Waals surface area contributed by atoms with Crippen LogP contribution in [0.4, 0.5) is 27.5 Å². The van der Waals surface area contributed by atoms with E-state index in [0.29, 0.717) is 26.3 Å². The molecule has 2 aromatic heterocycles. The Balaban J connectivity index is 1.32. The number of rotatable bonds is 8. The van der Waals surface area contributed by atoms with Crippen molar-refractivity contribution in [1.82, 2.24) is 25.3 Å². The molecule has 3 aromatic rings. The lowest BCUT2D eigenvalue weighted by Gasteiger charge is -2.28. The minimum atomic E-state index is -0.532. The van der Waals surface area contributed by atoms with Crippen LogP contribution >= 0.6 is 0 Å². The predicted molar refractivity (Wildman–Crippen MR) is 127 cm³/mol. The molecule has 0 spiro atoms. The number of halogens is 1. The molecule has 1 aliphatic heterocycles. The van der Waals surface area contributed by atoms with Crippen molar-refractivity contribution in [2.45, 2.75) is 6.54 Å². The zero-order chi connectivity index (χ0) is 23.9. The van der Waals surface area contributed by atoms with Crippen molar-refractivity contribution in [3.63, 3.8) is 0 Å². The van der Waals surface area contributed by atoms with Gasteiger partial charge in [-0.25, -0.2) is 14.4 Å². The standard InChI is InChI=1S/C23H27FN8O2/c1-31(2)15-16-3-5-17(6-4-16)27-18-7-8-20(25-13-18)22(33)29-30-23-26-14-19(24)21(28-23)32-9-11-34-12-10-32/h3-8,13-14,27H,9-12,15H2,1-2H3,(H,29,33)(H,26,28,30). The molecule has 0 saturated carbocycles. The highest BCUT2D eigenvalue weighted by Crippen LogP contribution is 2.19. The molecule has 34 heavy (non-hydrogen) atoms. The third-order valence-electron chi connectivity index (χ3n) is 5.06. The second-order valence-corrected chi connectivity index (χ2v) is 8.04. The van der Waals surface area contributed by atoms with Crippen molar-refractivity contribution >= 4 is 29.0 Å². The molecule has 4 rings (SSSR count). The molecule has 0 atom stereocenters. The molecule has 0 aliphatic carbocycles. The van der Waals surface area contributed by atoms with Crippen molar-refractivity contribution in [2.24, 2.45) is 0 Å². The third-order valence-corrected chi connectivity index (χ3v) is 5.06. The second-order valence-electron chi connectivity index (χ2n) is 8.04. The topological polar surface area (TPSA) is 108 Å². The Hall–Kier alpha value is -3.83. The normalized spacial score (nSPS) is 13.6. The van der Waals surface area contributed by atoms with Crippen molar-refractivity contribution < 1.29 is 13.9 Å². The van der Waals surface area contributed by atoms with Crippen LogP contribution < -0.4 is 21.1 Å². The van der Waals surface area contributed by atoms with E-state index in [1.54, 1.807) is 23.2 Å². The Kier molecular flexibility index (Phi) is 7.45. The fraction of sp³-hybridized carbons (Fsp3) is 0.304. The molecule has 1 aliphatic rings. The summed E-state index contributed by atoms with van der Waals surface area (Å²) in [6.07, 6.45) is 2.64. The quantitative estimate of drug-likeness (QED) is 0.431. The molecule has 10 nitrogen and oxygen atoms in total. The van der Waals surface area contributed by atoms with Crippen LogP contribution in [-0.4, -0.2) is 66.2 Å². The average Bonchev–Trinajstić information content (AvgIpc) is 2.85. The summed E-state index contributed by atoms with van der Waals surface area (Å²) in [4.78, 5) is 28.6. The van der Waals surface area contributed by atoms with Gasteiger partial charge in [-0.2, -0.15) is 4.98 Å². The minimum Gasteiger partial charge on any atom is -0.378 e. The van der Waals surface area contributed by atoms with E-state index in [2.05, 4.69) is 48.2 Å². The van der Waals surface area contributed by atoms with Crippen LogP contribution in [0.3, 0.4) is 0 Å². The van der Waals surface area contributed by atoms with Gasteiger partial charge in [0.25, 0.3) is 5.91 Å². The van der Waals surface area contributed by atoms with E-state index < -0.39 is 11.7 Å². The third kappa shape index (κ3) is 6.15. The number of aromatic nitrogens is 3. The number of benzene rings is 1. The summed E-state index contributed by atoms with van der Waals surface area (Å²) in [5, 5.41) is 3.26. The highest BCUT2D eigenvalue weighted by molar-refractivity contribution is 5.93. The lowest BCUT2D eigenvalue weighted by Crippen LogP contribution is -2.38. The maximum Gasteiger partial charge on any atom is 0.288 e. The average molecular weight is 467 g/mol. The van der Waals surface area contributed by atoms with E-state index in [1.807, 2.05) is 26.2 Å². The number of anilines is 4. The number of nitrogens with one attached hydrogen (secondary N) is 3. The van der Waals surface area contributed by atoms with Crippen LogP contribution in [0.5, 0.6) is 0 Å². The minimum absolute atomic E-state index is 0.0762. The number of hydrazine groups is 1. The van der Waals surface area contributed by atoms with Gasteiger partial charge in [0.1, 0.15) is 5.69 Å². The summed E-state index contributed by atoms with van der Waals surface area (Å²) < 4.78 is 19.4. The smallest absolute Gasteiger partial charge is 0.288 e. The predicted octanol–water partition coefficient (Wildman–Crippen LogP) is 2.41. The Bertz CT molecular complexity index is 1100. The summed E-state index contributed by atoms with van der Waals surface area (Å²) >= 11 is 0. The van der Waals surface area contributed by atoms with E-state index in [-0.39, 0.29) is 17.5 Å². The highest BCUT2D eigenvalue weighted by atomic mass is 19.1. The van der Waals surface area contributed by atoms with Crippen molar-refractivity contribution in [3.05, 3.63) is 65.9 Å². The molecule has 0 bridgehead atoms. The van der Waals surface area contributed by atoms with Gasteiger partial charge in [-0.3, -0.25) is 15.6 Å². The molecule has 1 aromatic carbocycles. The van der Waals surface area contributed by atoms with Gasteiger partial charge in [-0.1, -0.05) is 12.1 Å². The lowest BCUT2D eigenvalue weighted by atomic mass is 10.2. The zero-order valence-electron chi connectivity index (χ0n) is 19.1. The van der Waals surface area contributed by atoms with E-state index in [9.17, 15) is 9.18 Å². The first-order chi connectivity index (χ1) is 16.5. The van der Waals surface area contributed by atoms with E-state index >= 15 is 0 Å². The summed E-state index contributed by atoms with van der Waals surface area (Å²) in [6.45, 7) is 2.94. The molecule has 1 amide bonds. The Morgan fingerprint density at radius 1 is 1.06 bits per heavy atom. The molecular weight excluding hydrogens is 439 g/mol. The van der Waals surface area contributed by atoms with Gasteiger partial charge in [-0.05, 0) is 43.9 Å². The Morgan fingerprint density at radius 3 is 2.47 bits per heavy atom. The van der Waals surface area contributed by atoms with Crippen LogP contribution in [0.15, 0.2) is 48.8 Å². The lowest BCUT2D eigenvalue weighted by molar-refractivity contribution is 0.0957. The SMILES string of the molecule is CN(C)Cc1ccc(Nc2ccc(C(=O)NNc3ncc(F)c(N4CCOCC4)n3)nc2)cc1. The van der Waals surface area contributed by atoms with Gasteiger partial charge in [0.15, 0.2) is 11.6 Å². The number of carbonyl (C=O) groups excluding carboxylic acids is 1. The molecule has 0 unspecified atom stereocenters. The molecular formula is C23H27FN8O2. The molecule has 3 N–H and O–H groups in total. The van der Waals surface area contributed by atoms with E-state index in [4.69, 9.17) is 4.74 Å². The molecule has 11 heteroatoms. The monoisotopic (exact) mass is 466 g/mol. The first-order valence-electron chi connectivity index (χ1n) is 10.9. The van der Waals surface area contributed by atoms with Crippen LogP contribution in [0.25, 0.3) is 0 Å². The number of ether oxygens (including phenoxy) is 1. The zero-order valence-corrected chi connectivity index (χ0v) is 19.1. The van der Waals surface area contributed by atoms with Crippen molar-refractivity contribution in [2.75, 3.05) is 56.0 Å². The highest BCUT2D eigenvalue weighted by Gasteiger charge is 2.18. The summed E-state index contributed by atoms with van der Waals surface area (Å²) in [5.41, 5.74) is 8.20. The summed E-state index contributed by atoms with van der Waals surface area (Å²) in [5.74, 6) is -0.762. The number of hydrogen-bond donors (Lipinski definition) is 3. The first kappa shape index (κ1) is 23.3. The number of morpholine rings is 1. The first-order valence-corrected chi connectivity index (χ1v) is 10.9. The maximum absolute atomic E-state index is 14.1. The Labute approximate surface area is 197 Å².